The van der Waals surface area contributed by atoms with Crippen molar-refractivity contribution in [1.29, 1.82) is 0 Å². The summed E-state index contributed by atoms with van der Waals surface area (Å²) in [6, 6.07) is 5.09. The van der Waals surface area contributed by atoms with Gasteiger partial charge in [0.25, 0.3) is 0 Å². The van der Waals surface area contributed by atoms with Gasteiger partial charge < -0.3 is 16.8 Å². The number of primary amides is 1. The predicted octanol–water partition coefficient (Wildman–Crippen LogP) is 1.65. The number of amides is 2. The first-order valence-electron chi connectivity index (χ1n) is 6.77. The number of carbonyl (C=O) groups is 2. The lowest BCUT2D eigenvalue weighted by atomic mass is 9.96. The molecule has 0 heterocycles. The molecule has 5 heteroatoms. The van der Waals surface area contributed by atoms with Gasteiger partial charge in [-0.05, 0) is 37.0 Å². The van der Waals surface area contributed by atoms with Crippen molar-refractivity contribution in [3.8, 4) is 0 Å². The number of hydrogen-bond donors (Lipinski definition) is 3. The smallest absolute Gasteiger partial charge is 0.249 e. The molecule has 0 radical (unpaired) electrons. The Balaban J connectivity index is 2.90. The third-order valence-electron chi connectivity index (χ3n) is 3.27. The van der Waals surface area contributed by atoms with Crippen LogP contribution in [-0.4, -0.2) is 18.4 Å². The van der Waals surface area contributed by atoms with Crippen molar-refractivity contribution in [2.45, 2.75) is 27.2 Å². The molecule has 0 aliphatic carbocycles. The minimum absolute atomic E-state index is 0.120. The van der Waals surface area contributed by atoms with Gasteiger partial charge in [-0.3, -0.25) is 9.59 Å². The number of nitrogens with two attached hydrogens (primary N) is 2. The monoisotopic (exact) mass is 277 g/mol. The number of nitrogens with one attached hydrogen (secondary N) is 1. The van der Waals surface area contributed by atoms with Gasteiger partial charge in [0.15, 0.2) is 0 Å². The van der Waals surface area contributed by atoms with Crippen LogP contribution in [0.15, 0.2) is 18.2 Å². The Bertz CT molecular complexity index is 498. The Morgan fingerprint density at radius 2 is 1.95 bits per heavy atom. The van der Waals surface area contributed by atoms with Gasteiger partial charge in [-0.25, -0.2) is 0 Å². The summed E-state index contributed by atoms with van der Waals surface area (Å²) < 4.78 is 0. The maximum Gasteiger partial charge on any atom is 0.249 e. The summed E-state index contributed by atoms with van der Waals surface area (Å²) in [4.78, 5) is 23.5. The first-order chi connectivity index (χ1) is 9.36. The van der Waals surface area contributed by atoms with Gasteiger partial charge in [0, 0.05) is 17.8 Å². The first-order valence-corrected chi connectivity index (χ1v) is 6.77. The molecular formula is C15H23N3O2. The van der Waals surface area contributed by atoms with Gasteiger partial charge in [-0.2, -0.15) is 0 Å². The second-order valence-corrected chi connectivity index (χ2v) is 5.39. The minimum Gasteiger partial charge on any atom is -0.366 e. The Kier molecular flexibility index (Phi) is 5.70. The van der Waals surface area contributed by atoms with E-state index in [1.54, 1.807) is 25.1 Å². The standard InChI is InChI=1S/C15H23N3O2/c1-9(2)7-11(8-16)15(20)18-13-6-4-5-12(10(13)3)14(17)19/h4-6,9,11H,7-8,16H2,1-3H3,(H2,17,19)(H,18,20). The molecule has 1 atom stereocenters. The highest BCUT2D eigenvalue weighted by molar-refractivity contribution is 5.99. The minimum atomic E-state index is -0.504. The van der Waals surface area contributed by atoms with Crippen LogP contribution >= 0.6 is 0 Å². The van der Waals surface area contributed by atoms with Gasteiger partial charge in [0.1, 0.15) is 0 Å². The Hall–Kier alpha value is -1.88. The molecule has 0 saturated carbocycles. The lowest BCUT2D eigenvalue weighted by molar-refractivity contribution is -0.120. The molecular weight excluding hydrogens is 254 g/mol. The molecule has 0 aliphatic heterocycles. The zero-order valence-electron chi connectivity index (χ0n) is 12.3. The normalized spacial score (nSPS) is 12.2. The van der Waals surface area contributed by atoms with E-state index >= 15 is 0 Å². The molecule has 1 aromatic carbocycles. The molecule has 110 valence electrons. The summed E-state index contributed by atoms with van der Waals surface area (Å²) in [5.41, 5.74) is 12.6. The van der Waals surface area contributed by atoms with Crippen molar-refractivity contribution in [3.05, 3.63) is 29.3 Å². The molecule has 0 aromatic heterocycles. The number of anilines is 1. The molecule has 5 nitrogen and oxygen atoms in total. The molecule has 1 rings (SSSR count). The van der Waals surface area contributed by atoms with E-state index in [0.717, 1.165) is 6.42 Å². The van der Waals surface area contributed by atoms with E-state index in [4.69, 9.17) is 11.5 Å². The van der Waals surface area contributed by atoms with Crippen LogP contribution < -0.4 is 16.8 Å². The molecule has 20 heavy (non-hydrogen) atoms. The van der Waals surface area contributed by atoms with E-state index < -0.39 is 5.91 Å². The summed E-state index contributed by atoms with van der Waals surface area (Å²) >= 11 is 0. The molecule has 5 N–H and O–H groups in total. The van der Waals surface area contributed by atoms with Gasteiger partial charge in [-0.1, -0.05) is 19.9 Å². The largest absolute Gasteiger partial charge is 0.366 e. The molecule has 2 amide bonds. The van der Waals surface area contributed by atoms with Crippen LogP contribution in [0, 0.1) is 18.8 Å². The molecule has 0 spiro atoms. The fraction of sp³-hybridized carbons (Fsp3) is 0.467. The van der Waals surface area contributed by atoms with E-state index in [9.17, 15) is 9.59 Å². The molecule has 1 aromatic rings. The van der Waals surface area contributed by atoms with E-state index in [-0.39, 0.29) is 11.8 Å². The van der Waals surface area contributed by atoms with Crippen LogP contribution in [0.5, 0.6) is 0 Å². The first kappa shape index (κ1) is 16.2. The van der Waals surface area contributed by atoms with Crippen molar-refractivity contribution in [3.63, 3.8) is 0 Å². The highest BCUT2D eigenvalue weighted by atomic mass is 16.2. The number of carbonyl (C=O) groups excluding carboxylic acids is 2. The fourth-order valence-corrected chi connectivity index (χ4v) is 2.15. The predicted molar refractivity (Wildman–Crippen MR) is 80.3 cm³/mol. The van der Waals surface area contributed by atoms with Crippen LogP contribution in [0.2, 0.25) is 0 Å². The topological polar surface area (TPSA) is 98.2 Å². The van der Waals surface area contributed by atoms with Crippen molar-refractivity contribution in [2.75, 3.05) is 11.9 Å². The zero-order valence-corrected chi connectivity index (χ0v) is 12.3. The van der Waals surface area contributed by atoms with Crippen molar-refractivity contribution in [2.24, 2.45) is 23.3 Å². The summed E-state index contributed by atoms with van der Waals surface area (Å²) in [7, 11) is 0. The van der Waals surface area contributed by atoms with Crippen molar-refractivity contribution in [1.82, 2.24) is 0 Å². The lowest BCUT2D eigenvalue weighted by Crippen LogP contribution is -2.30. The maximum absolute atomic E-state index is 12.2. The lowest BCUT2D eigenvalue weighted by Gasteiger charge is -2.18. The quantitative estimate of drug-likeness (QED) is 0.737. The third kappa shape index (κ3) is 4.06. The van der Waals surface area contributed by atoms with Crippen molar-refractivity contribution >= 4 is 17.5 Å². The van der Waals surface area contributed by atoms with Crippen LogP contribution in [0.1, 0.15) is 36.2 Å². The average Bonchev–Trinajstić information content (AvgIpc) is 2.37. The molecule has 0 bridgehead atoms. The molecule has 0 fully saturated rings. The Labute approximate surface area is 119 Å². The Morgan fingerprint density at radius 1 is 1.30 bits per heavy atom. The van der Waals surface area contributed by atoms with Gasteiger partial charge in [0.05, 0.1) is 5.92 Å². The van der Waals surface area contributed by atoms with Crippen LogP contribution in [0.4, 0.5) is 5.69 Å². The van der Waals surface area contributed by atoms with E-state index in [0.29, 0.717) is 29.3 Å². The Morgan fingerprint density at radius 3 is 2.45 bits per heavy atom. The number of benzene rings is 1. The zero-order chi connectivity index (χ0) is 15.3. The van der Waals surface area contributed by atoms with Gasteiger partial charge in [0.2, 0.25) is 11.8 Å². The average molecular weight is 277 g/mol. The number of hydrogen-bond acceptors (Lipinski definition) is 3. The van der Waals surface area contributed by atoms with Crippen LogP contribution in [-0.2, 0) is 4.79 Å². The van der Waals surface area contributed by atoms with Crippen molar-refractivity contribution < 1.29 is 9.59 Å². The number of rotatable bonds is 6. The van der Waals surface area contributed by atoms with Gasteiger partial charge in [-0.15, -0.1) is 0 Å². The molecule has 0 aliphatic rings. The fourth-order valence-electron chi connectivity index (χ4n) is 2.15. The summed E-state index contributed by atoms with van der Waals surface area (Å²) in [6.07, 6.45) is 0.733. The summed E-state index contributed by atoms with van der Waals surface area (Å²) in [6.45, 7) is 6.16. The highest BCUT2D eigenvalue weighted by Gasteiger charge is 2.19. The van der Waals surface area contributed by atoms with E-state index in [2.05, 4.69) is 19.2 Å². The van der Waals surface area contributed by atoms with E-state index in [1.165, 1.54) is 0 Å². The molecule has 0 saturated heterocycles. The molecule has 1 unspecified atom stereocenters. The summed E-state index contributed by atoms with van der Waals surface area (Å²) in [5, 5.41) is 2.84. The van der Waals surface area contributed by atoms with Crippen LogP contribution in [0.3, 0.4) is 0 Å². The van der Waals surface area contributed by atoms with Gasteiger partial charge >= 0.3 is 0 Å². The maximum atomic E-state index is 12.2. The highest BCUT2D eigenvalue weighted by Crippen LogP contribution is 2.20. The second-order valence-electron chi connectivity index (χ2n) is 5.39. The third-order valence-corrected chi connectivity index (χ3v) is 3.27. The van der Waals surface area contributed by atoms with Crippen LogP contribution in [0.25, 0.3) is 0 Å². The SMILES string of the molecule is Cc1c(NC(=O)C(CN)CC(C)C)cccc1C(N)=O. The summed E-state index contributed by atoms with van der Waals surface area (Å²) in [5.74, 6) is -0.457. The second kappa shape index (κ2) is 7.05. The van der Waals surface area contributed by atoms with E-state index in [1.807, 2.05) is 0 Å².